The van der Waals surface area contributed by atoms with E-state index in [0.29, 0.717) is 22.5 Å². The molecule has 0 atom stereocenters. The summed E-state index contributed by atoms with van der Waals surface area (Å²) in [5, 5.41) is 4.81. The molecule has 0 unspecified atom stereocenters. The second-order valence-electron chi connectivity index (χ2n) is 3.43. The zero-order chi connectivity index (χ0) is 12.5. The van der Waals surface area contributed by atoms with Gasteiger partial charge in [-0.3, -0.25) is 4.98 Å². The number of aromatic nitrogens is 6. The predicted octanol–water partition coefficient (Wildman–Crippen LogP) is 0.885. The van der Waals surface area contributed by atoms with Crippen molar-refractivity contribution in [2.24, 2.45) is 0 Å². The molecule has 90 valence electrons. The van der Waals surface area contributed by atoms with Gasteiger partial charge >= 0.3 is 0 Å². The lowest BCUT2D eigenvalue weighted by atomic mass is 10.3. The maximum Gasteiger partial charge on any atom is 0.258 e. The Morgan fingerprint density at radius 3 is 2.83 bits per heavy atom. The molecule has 0 amide bonds. The molecule has 0 aromatic carbocycles. The SMILES string of the molecule is CSc1nc(N)n2nc(-c3ccccn3)nc2n1. The molecule has 3 aromatic rings. The monoisotopic (exact) mass is 259 g/mol. The molecule has 0 aliphatic rings. The number of anilines is 1. The van der Waals surface area contributed by atoms with Gasteiger partial charge in [0.25, 0.3) is 5.78 Å². The van der Waals surface area contributed by atoms with Crippen LogP contribution in [-0.4, -0.2) is 35.8 Å². The average molecular weight is 259 g/mol. The molecule has 0 fully saturated rings. The minimum absolute atomic E-state index is 0.263. The van der Waals surface area contributed by atoms with E-state index in [1.807, 2.05) is 24.5 Å². The third-order valence-corrected chi connectivity index (χ3v) is 2.84. The van der Waals surface area contributed by atoms with E-state index in [1.54, 1.807) is 6.20 Å². The van der Waals surface area contributed by atoms with Crippen LogP contribution in [0.15, 0.2) is 29.6 Å². The second-order valence-corrected chi connectivity index (χ2v) is 4.20. The molecule has 3 rings (SSSR count). The molecule has 0 aliphatic heterocycles. The Bertz CT molecular complexity index is 694. The Morgan fingerprint density at radius 1 is 1.22 bits per heavy atom. The quantitative estimate of drug-likeness (QED) is 0.683. The van der Waals surface area contributed by atoms with Crippen molar-refractivity contribution in [2.45, 2.75) is 5.16 Å². The Morgan fingerprint density at radius 2 is 2.11 bits per heavy atom. The first-order valence-corrected chi connectivity index (χ1v) is 6.36. The molecule has 3 heterocycles. The number of pyridine rings is 1. The molecule has 0 bridgehead atoms. The van der Waals surface area contributed by atoms with Crippen molar-refractivity contribution in [1.82, 2.24) is 29.5 Å². The van der Waals surface area contributed by atoms with Crippen molar-refractivity contribution in [3.05, 3.63) is 24.4 Å². The minimum atomic E-state index is 0.263. The lowest BCUT2D eigenvalue weighted by molar-refractivity contribution is 0.850. The summed E-state index contributed by atoms with van der Waals surface area (Å²) < 4.78 is 1.41. The highest BCUT2D eigenvalue weighted by atomic mass is 32.2. The Balaban J connectivity index is 2.20. The van der Waals surface area contributed by atoms with E-state index >= 15 is 0 Å². The Kier molecular flexibility index (Phi) is 2.56. The third-order valence-electron chi connectivity index (χ3n) is 2.29. The molecule has 0 radical (unpaired) electrons. The van der Waals surface area contributed by atoms with Gasteiger partial charge in [-0.05, 0) is 18.4 Å². The van der Waals surface area contributed by atoms with Gasteiger partial charge < -0.3 is 5.73 Å². The van der Waals surface area contributed by atoms with Gasteiger partial charge in [-0.2, -0.15) is 19.5 Å². The number of rotatable bonds is 2. The van der Waals surface area contributed by atoms with E-state index < -0.39 is 0 Å². The van der Waals surface area contributed by atoms with Crippen molar-refractivity contribution >= 4 is 23.5 Å². The fourth-order valence-electron chi connectivity index (χ4n) is 1.48. The number of nitrogens with zero attached hydrogens (tertiary/aromatic N) is 6. The predicted molar refractivity (Wildman–Crippen MR) is 68.0 cm³/mol. The van der Waals surface area contributed by atoms with Gasteiger partial charge in [-0.1, -0.05) is 17.8 Å². The summed E-state index contributed by atoms with van der Waals surface area (Å²) in [4.78, 5) is 16.8. The maximum atomic E-state index is 5.80. The number of hydrogen-bond donors (Lipinski definition) is 1. The summed E-state index contributed by atoms with van der Waals surface area (Å²) in [6.45, 7) is 0. The summed E-state index contributed by atoms with van der Waals surface area (Å²) in [6.07, 6.45) is 3.56. The number of nitrogens with two attached hydrogens (primary N) is 1. The largest absolute Gasteiger partial charge is 0.368 e. The number of fused-ring (bicyclic) bond motifs is 1. The molecule has 0 saturated carbocycles. The van der Waals surface area contributed by atoms with Gasteiger partial charge in [0.1, 0.15) is 5.69 Å². The fourth-order valence-corrected chi connectivity index (χ4v) is 1.84. The van der Waals surface area contributed by atoms with Gasteiger partial charge in [0.15, 0.2) is 5.16 Å². The normalized spacial score (nSPS) is 10.9. The zero-order valence-corrected chi connectivity index (χ0v) is 10.3. The highest BCUT2D eigenvalue weighted by molar-refractivity contribution is 7.98. The summed E-state index contributed by atoms with van der Waals surface area (Å²) >= 11 is 1.40. The van der Waals surface area contributed by atoms with Crippen LogP contribution >= 0.6 is 11.8 Å². The van der Waals surface area contributed by atoms with Crippen LogP contribution in [-0.2, 0) is 0 Å². The molecular formula is C10H9N7S. The number of thioether (sulfide) groups is 1. The van der Waals surface area contributed by atoms with E-state index in [2.05, 4.69) is 25.0 Å². The lowest BCUT2D eigenvalue weighted by Crippen LogP contribution is -2.04. The van der Waals surface area contributed by atoms with Crippen LogP contribution in [0.25, 0.3) is 17.3 Å². The van der Waals surface area contributed by atoms with E-state index in [1.165, 1.54) is 16.3 Å². The molecule has 0 saturated heterocycles. The van der Waals surface area contributed by atoms with Crippen molar-refractivity contribution in [3.8, 4) is 11.5 Å². The van der Waals surface area contributed by atoms with E-state index in [-0.39, 0.29) is 5.95 Å². The summed E-state index contributed by atoms with van der Waals surface area (Å²) in [5.74, 6) is 1.17. The van der Waals surface area contributed by atoms with Gasteiger partial charge in [0.05, 0.1) is 0 Å². The molecule has 18 heavy (non-hydrogen) atoms. The number of hydrogen-bond acceptors (Lipinski definition) is 7. The van der Waals surface area contributed by atoms with Gasteiger partial charge in [0.2, 0.25) is 11.8 Å². The molecule has 3 aromatic heterocycles. The van der Waals surface area contributed by atoms with Crippen LogP contribution in [0.2, 0.25) is 0 Å². The van der Waals surface area contributed by atoms with Crippen molar-refractivity contribution < 1.29 is 0 Å². The maximum absolute atomic E-state index is 5.80. The Hall–Kier alpha value is -2.22. The molecule has 8 heteroatoms. The highest BCUT2D eigenvalue weighted by Crippen LogP contribution is 2.16. The van der Waals surface area contributed by atoms with Gasteiger partial charge in [-0.15, -0.1) is 5.10 Å². The van der Waals surface area contributed by atoms with Gasteiger partial charge in [-0.25, -0.2) is 0 Å². The minimum Gasteiger partial charge on any atom is -0.368 e. The zero-order valence-electron chi connectivity index (χ0n) is 9.48. The van der Waals surface area contributed by atoms with Crippen LogP contribution in [0.5, 0.6) is 0 Å². The first-order chi connectivity index (χ1) is 8.78. The number of nitrogen functional groups attached to an aromatic ring is 1. The smallest absolute Gasteiger partial charge is 0.258 e. The molecular weight excluding hydrogens is 250 g/mol. The van der Waals surface area contributed by atoms with Crippen molar-refractivity contribution in [2.75, 3.05) is 12.0 Å². The van der Waals surface area contributed by atoms with Gasteiger partial charge in [0, 0.05) is 6.20 Å². The highest BCUT2D eigenvalue weighted by Gasteiger charge is 2.12. The standard InChI is InChI=1S/C10H9N7S/c1-18-10-14-8(11)17-9(15-10)13-7(16-17)6-4-2-3-5-12-6/h2-5H,1H3,(H2,11,13,14,15,16). The Labute approximate surface area is 107 Å². The van der Waals surface area contributed by atoms with Crippen LogP contribution in [0, 0.1) is 0 Å². The van der Waals surface area contributed by atoms with Crippen LogP contribution in [0.1, 0.15) is 0 Å². The fraction of sp³-hybridized carbons (Fsp3) is 0.100. The average Bonchev–Trinajstić information content (AvgIpc) is 2.84. The van der Waals surface area contributed by atoms with Crippen LogP contribution in [0.3, 0.4) is 0 Å². The lowest BCUT2D eigenvalue weighted by Gasteiger charge is -1.97. The first kappa shape index (κ1) is 10.9. The topological polar surface area (TPSA) is 94.9 Å². The second kappa shape index (κ2) is 4.22. The summed E-state index contributed by atoms with van der Waals surface area (Å²) in [6, 6.07) is 5.53. The van der Waals surface area contributed by atoms with Crippen molar-refractivity contribution in [1.29, 1.82) is 0 Å². The van der Waals surface area contributed by atoms with Crippen molar-refractivity contribution in [3.63, 3.8) is 0 Å². The summed E-state index contributed by atoms with van der Waals surface area (Å²) in [5.41, 5.74) is 6.47. The molecule has 0 spiro atoms. The van der Waals surface area contributed by atoms with E-state index in [0.717, 1.165) is 0 Å². The van der Waals surface area contributed by atoms with E-state index in [9.17, 15) is 0 Å². The van der Waals surface area contributed by atoms with Crippen LogP contribution < -0.4 is 5.73 Å². The molecule has 2 N–H and O–H groups in total. The molecule has 7 nitrogen and oxygen atoms in total. The van der Waals surface area contributed by atoms with E-state index in [4.69, 9.17) is 5.73 Å². The molecule has 0 aliphatic carbocycles. The third kappa shape index (κ3) is 1.76. The summed E-state index contributed by atoms with van der Waals surface area (Å²) in [7, 11) is 0. The first-order valence-electron chi connectivity index (χ1n) is 5.13. The van der Waals surface area contributed by atoms with Crippen LogP contribution in [0.4, 0.5) is 5.95 Å².